The maximum atomic E-state index is 10.8. The average molecular weight is 289 g/mol. The van der Waals surface area contributed by atoms with Gasteiger partial charge in [0.1, 0.15) is 0 Å². The number of rotatable bonds is 5. The standard InChI is InChI=1S/C14H15N3O4/c1-20-11-4-3-9(6-12(11)21-2)17-13-10(15)5-8(7-16-13)14(18)19/h3-7H,15H2,1-2H3,(H,16,17)(H,18,19). The van der Waals surface area contributed by atoms with Gasteiger partial charge in [-0.2, -0.15) is 0 Å². The summed E-state index contributed by atoms with van der Waals surface area (Å²) in [6.45, 7) is 0. The molecule has 7 nitrogen and oxygen atoms in total. The maximum Gasteiger partial charge on any atom is 0.337 e. The SMILES string of the molecule is COc1ccc(Nc2ncc(C(=O)O)cc2N)cc1OC. The predicted octanol–water partition coefficient (Wildman–Crippen LogP) is 2.12. The first-order valence-corrected chi connectivity index (χ1v) is 6.03. The summed E-state index contributed by atoms with van der Waals surface area (Å²) in [4.78, 5) is 14.8. The van der Waals surface area contributed by atoms with Gasteiger partial charge in [0.2, 0.25) is 0 Å². The molecule has 7 heteroatoms. The van der Waals surface area contributed by atoms with Gasteiger partial charge in [-0.3, -0.25) is 0 Å². The number of benzene rings is 1. The van der Waals surface area contributed by atoms with Crippen LogP contribution in [0.25, 0.3) is 0 Å². The average Bonchev–Trinajstić information content (AvgIpc) is 2.48. The first-order valence-electron chi connectivity index (χ1n) is 6.03. The Morgan fingerprint density at radius 1 is 1.24 bits per heavy atom. The van der Waals surface area contributed by atoms with Gasteiger partial charge in [-0.25, -0.2) is 9.78 Å². The number of nitrogens with zero attached hydrogens (tertiary/aromatic N) is 1. The Morgan fingerprint density at radius 3 is 2.52 bits per heavy atom. The zero-order valence-electron chi connectivity index (χ0n) is 11.6. The second-order valence-corrected chi connectivity index (χ2v) is 4.16. The molecule has 0 atom stereocenters. The molecule has 2 aromatic rings. The van der Waals surface area contributed by atoms with Crippen molar-refractivity contribution in [2.75, 3.05) is 25.3 Å². The Labute approximate surface area is 121 Å². The lowest BCUT2D eigenvalue weighted by Crippen LogP contribution is -2.04. The molecule has 1 heterocycles. The van der Waals surface area contributed by atoms with Crippen LogP contribution in [0.4, 0.5) is 17.2 Å². The normalized spacial score (nSPS) is 10.0. The van der Waals surface area contributed by atoms with Crippen molar-refractivity contribution in [1.82, 2.24) is 4.98 Å². The van der Waals surface area contributed by atoms with Gasteiger partial charge >= 0.3 is 5.97 Å². The minimum absolute atomic E-state index is 0.0327. The van der Waals surface area contributed by atoms with Gasteiger partial charge in [-0.05, 0) is 18.2 Å². The molecule has 0 aliphatic heterocycles. The van der Waals surface area contributed by atoms with E-state index in [1.54, 1.807) is 25.3 Å². The molecule has 0 aliphatic carbocycles. The fraction of sp³-hybridized carbons (Fsp3) is 0.143. The highest BCUT2D eigenvalue weighted by molar-refractivity contribution is 5.89. The lowest BCUT2D eigenvalue weighted by Gasteiger charge is -2.12. The number of nitrogen functional groups attached to an aromatic ring is 1. The van der Waals surface area contributed by atoms with Crippen LogP contribution >= 0.6 is 0 Å². The lowest BCUT2D eigenvalue weighted by atomic mass is 10.2. The molecule has 0 saturated carbocycles. The number of hydrogen-bond acceptors (Lipinski definition) is 6. The quantitative estimate of drug-likeness (QED) is 0.773. The predicted molar refractivity (Wildman–Crippen MR) is 78.4 cm³/mol. The summed E-state index contributed by atoms with van der Waals surface area (Å²) in [5, 5.41) is 11.9. The Kier molecular flexibility index (Phi) is 4.13. The summed E-state index contributed by atoms with van der Waals surface area (Å²) in [5.41, 5.74) is 6.75. The molecule has 0 amide bonds. The number of nitrogens with two attached hydrogens (primary N) is 1. The molecule has 0 aliphatic rings. The highest BCUT2D eigenvalue weighted by Gasteiger charge is 2.09. The van der Waals surface area contributed by atoms with Gasteiger partial charge in [0.05, 0.1) is 25.5 Å². The number of nitrogens with one attached hydrogen (secondary N) is 1. The van der Waals surface area contributed by atoms with E-state index in [0.29, 0.717) is 23.0 Å². The third kappa shape index (κ3) is 3.14. The Hall–Kier alpha value is -2.96. The molecule has 0 fully saturated rings. The Balaban J connectivity index is 2.28. The zero-order chi connectivity index (χ0) is 15.4. The Bertz CT molecular complexity index is 673. The number of anilines is 3. The first-order chi connectivity index (χ1) is 10.0. The summed E-state index contributed by atoms with van der Waals surface area (Å²) < 4.78 is 10.3. The number of carboxylic acids is 1. The van der Waals surface area contributed by atoms with Crippen molar-refractivity contribution in [3.05, 3.63) is 36.0 Å². The second kappa shape index (κ2) is 6.00. The van der Waals surface area contributed by atoms with Crippen molar-refractivity contribution in [2.45, 2.75) is 0 Å². The van der Waals surface area contributed by atoms with Gasteiger partial charge in [0.25, 0.3) is 0 Å². The number of hydrogen-bond donors (Lipinski definition) is 3. The van der Waals surface area contributed by atoms with Crippen molar-refractivity contribution >= 4 is 23.2 Å². The minimum Gasteiger partial charge on any atom is -0.493 e. The molecule has 110 valence electrons. The van der Waals surface area contributed by atoms with Gasteiger partial charge in [0.15, 0.2) is 17.3 Å². The summed E-state index contributed by atoms with van der Waals surface area (Å²) >= 11 is 0. The van der Waals surface area contributed by atoms with Crippen LogP contribution in [0.5, 0.6) is 11.5 Å². The number of aromatic carboxylic acids is 1. The van der Waals surface area contributed by atoms with E-state index in [1.165, 1.54) is 19.4 Å². The molecule has 1 aromatic heterocycles. The van der Waals surface area contributed by atoms with Gasteiger partial charge in [-0.1, -0.05) is 0 Å². The molecule has 0 saturated heterocycles. The van der Waals surface area contributed by atoms with Gasteiger partial charge in [-0.15, -0.1) is 0 Å². The largest absolute Gasteiger partial charge is 0.493 e. The van der Waals surface area contributed by atoms with E-state index in [2.05, 4.69) is 10.3 Å². The van der Waals surface area contributed by atoms with E-state index in [4.69, 9.17) is 20.3 Å². The van der Waals surface area contributed by atoms with E-state index in [0.717, 1.165) is 0 Å². The topological polar surface area (TPSA) is 107 Å². The molecule has 0 radical (unpaired) electrons. The van der Waals surface area contributed by atoms with Crippen LogP contribution in [0.3, 0.4) is 0 Å². The van der Waals surface area contributed by atoms with Crippen molar-refractivity contribution in [3.8, 4) is 11.5 Å². The number of aromatic nitrogens is 1. The number of methoxy groups -OCH3 is 2. The number of carbonyl (C=O) groups is 1. The summed E-state index contributed by atoms with van der Waals surface area (Å²) in [6, 6.07) is 6.58. The number of pyridine rings is 1. The molecular weight excluding hydrogens is 274 g/mol. The van der Waals surface area contributed by atoms with Crippen molar-refractivity contribution in [3.63, 3.8) is 0 Å². The van der Waals surface area contributed by atoms with Crippen LogP contribution in [0, 0.1) is 0 Å². The smallest absolute Gasteiger partial charge is 0.337 e. The highest BCUT2D eigenvalue weighted by Crippen LogP contribution is 2.31. The van der Waals surface area contributed by atoms with Crippen molar-refractivity contribution in [1.29, 1.82) is 0 Å². The van der Waals surface area contributed by atoms with Crippen molar-refractivity contribution < 1.29 is 19.4 Å². The summed E-state index contributed by atoms with van der Waals surface area (Å²) in [7, 11) is 3.09. The molecule has 21 heavy (non-hydrogen) atoms. The monoisotopic (exact) mass is 289 g/mol. The second-order valence-electron chi connectivity index (χ2n) is 4.16. The zero-order valence-corrected chi connectivity index (χ0v) is 11.6. The molecule has 1 aromatic carbocycles. The molecule has 0 unspecified atom stereocenters. The van der Waals surface area contributed by atoms with Crippen LogP contribution in [0.15, 0.2) is 30.5 Å². The maximum absolute atomic E-state index is 10.8. The van der Waals surface area contributed by atoms with E-state index in [1.807, 2.05) is 0 Å². The van der Waals surface area contributed by atoms with Crippen LogP contribution < -0.4 is 20.5 Å². The molecule has 0 spiro atoms. The van der Waals surface area contributed by atoms with Crippen LogP contribution in [0.1, 0.15) is 10.4 Å². The lowest BCUT2D eigenvalue weighted by molar-refractivity contribution is 0.0696. The molecule has 4 N–H and O–H groups in total. The summed E-state index contributed by atoms with van der Waals surface area (Å²) in [5.74, 6) is 0.451. The van der Waals surface area contributed by atoms with E-state index >= 15 is 0 Å². The molecule has 2 rings (SSSR count). The third-order valence-corrected chi connectivity index (χ3v) is 2.81. The minimum atomic E-state index is -1.08. The van der Waals surface area contributed by atoms with E-state index in [-0.39, 0.29) is 11.3 Å². The van der Waals surface area contributed by atoms with Crippen LogP contribution in [-0.4, -0.2) is 30.3 Å². The summed E-state index contributed by atoms with van der Waals surface area (Å²) in [6.07, 6.45) is 1.24. The third-order valence-electron chi connectivity index (χ3n) is 2.81. The number of carboxylic acid groups (broad SMARTS) is 1. The molecular formula is C14H15N3O4. The fourth-order valence-corrected chi connectivity index (χ4v) is 1.75. The first kappa shape index (κ1) is 14.4. The molecule has 0 bridgehead atoms. The number of ether oxygens (including phenoxy) is 2. The van der Waals surface area contributed by atoms with E-state index < -0.39 is 5.97 Å². The van der Waals surface area contributed by atoms with Gasteiger partial charge in [0, 0.05) is 18.0 Å². The van der Waals surface area contributed by atoms with Gasteiger partial charge < -0.3 is 25.6 Å². The van der Waals surface area contributed by atoms with Crippen LogP contribution in [0.2, 0.25) is 0 Å². The van der Waals surface area contributed by atoms with E-state index in [9.17, 15) is 4.79 Å². The highest BCUT2D eigenvalue weighted by atomic mass is 16.5. The fourth-order valence-electron chi connectivity index (χ4n) is 1.75. The Morgan fingerprint density at radius 2 is 1.95 bits per heavy atom. The van der Waals surface area contributed by atoms with Crippen molar-refractivity contribution in [2.24, 2.45) is 0 Å². The van der Waals surface area contributed by atoms with Crippen LogP contribution in [-0.2, 0) is 0 Å².